The molecule has 2 N–H and O–H groups in total. The molecule has 0 aliphatic carbocycles. The summed E-state index contributed by atoms with van der Waals surface area (Å²) in [6, 6.07) is 8.44. The molecular formula is C17H21N3OS. The van der Waals surface area contributed by atoms with Gasteiger partial charge >= 0.3 is 0 Å². The van der Waals surface area contributed by atoms with E-state index in [4.69, 9.17) is 0 Å². The van der Waals surface area contributed by atoms with Crippen LogP contribution in [0, 0.1) is 6.92 Å². The quantitative estimate of drug-likeness (QED) is 0.915. The van der Waals surface area contributed by atoms with Crippen molar-refractivity contribution < 1.29 is 4.79 Å². The molecule has 0 radical (unpaired) electrons. The Morgan fingerprint density at radius 2 is 2.32 bits per heavy atom. The van der Waals surface area contributed by atoms with E-state index in [-0.39, 0.29) is 11.9 Å². The van der Waals surface area contributed by atoms with Crippen LogP contribution in [-0.2, 0) is 0 Å². The first kappa shape index (κ1) is 15.2. The molecule has 22 heavy (non-hydrogen) atoms. The van der Waals surface area contributed by atoms with Crippen molar-refractivity contribution in [3.05, 3.63) is 40.9 Å². The molecule has 1 amide bonds. The number of hydrogen-bond donors (Lipinski definition) is 2. The molecule has 3 rings (SSSR count). The van der Waals surface area contributed by atoms with Crippen LogP contribution in [0.5, 0.6) is 0 Å². The second-order valence-corrected chi connectivity index (χ2v) is 6.78. The molecule has 1 aliphatic rings. The summed E-state index contributed by atoms with van der Waals surface area (Å²) in [5, 5.41) is 9.54. The van der Waals surface area contributed by atoms with Gasteiger partial charge in [-0.15, -0.1) is 11.3 Å². The summed E-state index contributed by atoms with van der Waals surface area (Å²) in [6.45, 7) is 5.10. The van der Waals surface area contributed by atoms with E-state index < -0.39 is 0 Å². The second kappa shape index (κ2) is 6.58. The van der Waals surface area contributed by atoms with E-state index in [0.717, 1.165) is 35.7 Å². The lowest BCUT2D eigenvalue weighted by atomic mass is 10.00. The summed E-state index contributed by atoms with van der Waals surface area (Å²) >= 11 is 1.61. The van der Waals surface area contributed by atoms with E-state index in [1.165, 1.54) is 0 Å². The van der Waals surface area contributed by atoms with E-state index >= 15 is 0 Å². The summed E-state index contributed by atoms with van der Waals surface area (Å²) < 4.78 is 0. The van der Waals surface area contributed by atoms with Crippen LogP contribution >= 0.6 is 11.3 Å². The number of nitrogens with zero attached hydrogens (tertiary/aromatic N) is 1. The molecule has 5 heteroatoms. The van der Waals surface area contributed by atoms with Crippen LogP contribution in [-0.4, -0.2) is 29.5 Å². The Hall–Kier alpha value is -1.72. The number of nitrogens with one attached hydrogen (secondary N) is 2. The third-order valence-corrected chi connectivity index (χ3v) is 4.96. The van der Waals surface area contributed by atoms with Crippen LogP contribution in [0.3, 0.4) is 0 Å². The molecule has 0 saturated carbocycles. The highest BCUT2D eigenvalue weighted by atomic mass is 32.1. The molecule has 4 nitrogen and oxygen atoms in total. The third kappa shape index (κ3) is 3.54. The van der Waals surface area contributed by atoms with E-state index in [1.807, 2.05) is 36.6 Å². The van der Waals surface area contributed by atoms with Gasteiger partial charge < -0.3 is 10.6 Å². The molecule has 1 aromatic heterocycles. The lowest BCUT2D eigenvalue weighted by Crippen LogP contribution is -2.46. The van der Waals surface area contributed by atoms with E-state index in [2.05, 4.69) is 22.5 Å². The Morgan fingerprint density at radius 1 is 1.45 bits per heavy atom. The highest BCUT2D eigenvalue weighted by Crippen LogP contribution is 2.24. The molecule has 1 aliphatic heterocycles. The fraction of sp³-hybridized carbons (Fsp3) is 0.412. The Balaban J connectivity index is 1.72. The maximum Gasteiger partial charge on any atom is 0.251 e. The van der Waals surface area contributed by atoms with Gasteiger partial charge in [0.1, 0.15) is 5.01 Å². The predicted molar refractivity (Wildman–Crippen MR) is 90.2 cm³/mol. The molecule has 2 heterocycles. The minimum Gasteiger partial charge on any atom is -0.349 e. The summed E-state index contributed by atoms with van der Waals surface area (Å²) in [6.07, 6.45) is 1.97. The van der Waals surface area contributed by atoms with Crippen LogP contribution in [0.15, 0.2) is 29.6 Å². The molecule has 1 aromatic carbocycles. The lowest BCUT2D eigenvalue weighted by Gasteiger charge is -2.28. The second-order valence-electron chi connectivity index (χ2n) is 5.92. The summed E-state index contributed by atoms with van der Waals surface area (Å²) in [7, 11) is 0. The largest absolute Gasteiger partial charge is 0.349 e. The van der Waals surface area contributed by atoms with Crippen LogP contribution in [0.2, 0.25) is 0 Å². The Kier molecular flexibility index (Phi) is 4.55. The van der Waals surface area contributed by atoms with Gasteiger partial charge in [0.15, 0.2) is 0 Å². The minimum atomic E-state index is 0.00854. The molecule has 116 valence electrons. The minimum absolute atomic E-state index is 0.00854. The van der Waals surface area contributed by atoms with Crippen molar-refractivity contribution in [1.82, 2.24) is 15.6 Å². The predicted octanol–water partition coefficient (Wildman–Crippen LogP) is 2.99. The van der Waals surface area contributed by atoms with Gasteiger partial charge in [-0.3, -0.25) is 4.79 Å². The summed E-state index contributed by atoms with van der Waals surface area (Å²) in [4.78, 5) is 16.9. The standard InChI is InChI=1S/C17H21N3OS/c1-11-8-15(6-7-18-11)20-16(21)13-4-3-5-14(9-13)17-19-12(2)10-22-17/h3-5,9-11,15,18H,6-8H2,1-2H3,(H,20,21). The average Bonchev–Trinajstić information content (AvgIpc) is 2.94. The fourth-order valence-electron chi connectivity index (χ4n) is 2.81. The van der Waals surface area contributed by atoms with Crippen LogP contribution in [0.1, 0.15) is 35.8 Å². The fourth-order valence-corrected chi connectivity index (χ4v) is 3.61. The molecule has 2 atom stereocenters. The zero-order valence-electron chi connectivity index (χ0n) is 12.9. The van der Waals surface area contributed by atoms with Crippen molar-refractivity contribution >= 4 is 17.2 Å². The number of rotatable bonds is 3. The number of aryl methyl sites for hydroxylation is 1. The maximum absolute atomic E-state index is 12.5. The number of benzene rings is 1. The monoisotopic (exact) mass is 315 g/mol. The van der Waals surface area contributed by atoms with E-state index in [1.54, 1.807) is 11.3 Å². The molecule has 1 saturated heterocycles. The zero-order valence-corrected chi connectivity index (χ0v) is 13.7. The zero-order chi connectivity index (χ0) is 15.5. The van der Waals surface area contributed by atoms with Crippen molar-refractivity contribution in [2.24, 2.45) is 0 Å². The van der Waals surface area contributed by atoms with Gasteiger partial charge in [0.25, 0.3) is 5.91 Å². The topological polar surface area (TPSA) is 54.0 Å². The van der Waals surface area contributed by atoms with Gasteiger partial charge in [-0.25, -0.2) is 4.98 Å². The normalized spacial score (nSPS) is 21.5. The molecule has 2 unspecified atom stereocenters. The van der Waals surface area contributed by atoms with Gasteiger partial charge in [0, 0.05) is 34.3 Å². The third-order valence-electron chi connectivity index (χ3n) is 3.95. The van der Waals surface area contributed by atoms with Crippen molar-refractivity contribution in [3.63, 3.8) is 0 Å². The molecule has 0 bridgehead atoms. The number of hydrogen-bond acceptors (Lipinski definition) is 4. The highest BCUT2D eigenvalue weighted by Gasteiger charge is 2.20. The van der Waals surface area contributed by atoms with Crippen molar-refractivity contribution in [1.29, 1.82) is 0 Å². The van der Waals surface area contributed by atoms with Gasteiger partial charge in [-0.1, -0.05) is 12.1 Å². The van der Waals surface area contributed by atoms with E-state index in [9.17, 15) is 4.79 Å². The Morgan fingerprint density at radius 3 is 3.05 bits per heavy atom. The highest BCUT2D eigenvalue weighted by molar-refractivity contribution is 7.13. The first-order valence-corrected chi connectivity index (χ1v) is 8.56. The smallest absolute Gasteiger partial charge is 0.251 e. The van der Waals surface area contributed by atoms with Crippen LogP contribution < -0.4 is 10.6 Å². The van der Waals surface area contributed by atoms with Gasteiger partial charge in [-0.2, -0.15) is 0 Å². The first-order chi connectivity index (χ1) is 10.6. The van der Waals surface area contributed by atoms with Crippen LogP contribution in [0.4, 0.5) is 0 Å². The number of carbonyl (C=O) groups is 1. The summed E-state index contributed by atoms with van der Waals surface area (Å²) in [5.41, 5.74) is 2.72. The average molecular weight is 315 g/mol. The first-order valence-electron chi connectivity index (χ1n) is 7.68. The van der Waals surface area contributed by atoms with Crippen molar-refractivity contribution in [2.75, 3.05) is 6.54 Å². The Bertz CT molecular complexity index is 667. The molecular weight excluding hydrogens is 294 g/mol. The van der Waals surface area contributed by atoms with Gasteiger partial charge in [0.05, 0.1) is 0 Å². The van der Waals surface area contributed by atoms with Crippen molar-refractivity contribution in [2.45, 2.75) is 38.8 Å². The lowest BCUT2D eigenvalue weighted by molar-refractivity contribution is 0.0925. The number of carbonyl (C=O) groups excluding carboxylic acids is 1. The van der Waals surface area contributed by atoms with Gasteiger partial charge in [0.2, 0.25) is 0 Å². The molecule has 2 aromatic rings. The number of thiazole rings is 1. The van der Waals surface area contributed by atoms with Crippen molar-refractivity contribution in [3.8, 4) is 10.6 Å². The molecule has 0 spiro atoms. The SMILES string of the molecule is Cc1csc(-c2cccc(C(=O)NC3CCNC(C)C3)c2)n1. The maximum atomic E-state index is 12.5. The number of amides is 1. The number of piperidine rings is 1. The number of aromatic nitrogens is 1. The Labute approximate surface area is 135 Å². The van der Waals surface area contributed by atoms with Gasteiger partial charge in [-0.05, 0) is 45.4 Å². The summed E-state index contributed by atoms with van der Waals surface area (Å²) in [5.74, 6) is 0.00854. The molecule has 1 fully saturated rings. The van der Waals surface area contributed by atoms with E-state index in [0.29, 0.717) is 11.6 Å². The van der Waals surface area contributed by atoms with Crippen LogP contribution in [0.25, 0.3) is 10.6 Å².